The van der Waals surface area contributed by atoms with Crippen molar-refractivity contribution in [3.63, 3.8) is 0 Å². The topological polar surface area (TPSA) is 20.3 Å². The van der Waals surface area contributed by atoms with Crippen molar-refractivity contribution in [3.05, 3.63) is 47.5 Å². The molecule has 212 valence electrons. The minimum Gasteiger partial charge on any atom is -0.342 e. The van der Waals surface area contributed by atoms with Crippen LogP contribution >= 0.6 is 0 Å². The fourth-order valence-corrected chi connectivity index (χ4v) is 8.37. The summed E-state index contributed by atoms with van der Waals surface area (Å²) in [6, 6.07) is 7.62. The Morgan fingerprint density at radius 2 is 1.42 bits per heavy atom. The Hall–Kier alpha value is -1.57. The zero-order chi connectivity index (χ0) is 26.9. The van der Waals surface area contributed by atoms with Crippen molar-refractivity contribution in [1.29, 1.82) is 0 Å². The van der Waals surface area contributed by atoms with Gasteiger partial charge in [-0.15, -0.1) is 0 Å². The Balaban J connectivity index is 1.19. The lowest BCUT2D eigenvalue weighted by molar-refractivity contribution is -0.124. The molecule has 3 aliphatic carbocycles. The Kier molecular flexibility index (Phi) is 11.4. The molecule has 0 saturated heterocycles. The van der Waals surface area contributed by atoms with E-state index in [-0.39, 0.29) is 5.91 Å². The average Bonchev–Trinajstić information content (AvgIpc) is 2.96. The highest BCUT2D eigenvalue weighted by Gasteiger charge is 2.32. The number of unbranched alkanes of at least 4 members (excludes halogenated alkanes) is 2. The maximum atomic E-state index is 11.7. The number of rotatable bonds is 11. The van der Waals surface area contributed by atoms with Crippen molar-refractivity contribution in [2.45, 2.75) is 135 Å². The summed E-state index contributed by atoms with van der Waals surface area (Å²) in [5.74, 6) is 5.34. The highest BCUT2D eigenvalue weighted by molar-refractivity contribution is 5.86. The molecule has 2 heteroatoms. The van der Waals surface area contributed by atoms with Crippen molar-refractivity contribution in [1.82, 2.24) is 4.90 Å². The highest BCUT2D eigenvalue weighted by Crippen LogP contribution is 2.45. The molecule has 0 heterocycles. The Bertz CT molecular complexity index is 865. The summed E-state index contributed by atoms with van der Waals surface area (Å²) in [7, 11) is 1.91. The number of hydrogen-bond donors (Lipinski definition) is 0. The standard InChI is InChI=1S/C36H57NO/c1-5-7-8-9-28-12-16-33(17-13-28)35-23-22-34(26-27(35)3)32-20-18-31(19-21-32)30-14-10-29(11-15-30)24-25-37(4)36(38)6-2/h6,22-23,26,28-33H,2,5,7-21,24-25H2,1,3-4H3. The molecule has 0 atom stereocenters. The Labute approximate surface area is 235 Å². The monoisotopic (exact) mass is 519 g/mol. The van der Waals surface area contributed by atoms with Gasteiger partial charge in [-0.3, -0.25) is 4.79 Å². The van der Waals surface area contributed by atoms with Crippen molar-refractivity contribution >= 4 is 5.91 Å². The fraction of sp³-hybridized carbons (Fsp3) is 0.750. The molecule has 1 amide bonds. The fourth-order valence-electron chi connectivity index (χ4n) is 8.37. The third-order valence-corrected chi connectivity index (χ3v) is 11.0. The minimum atomic E-state index is 0.0561. The summed E-state index contributed by atoms with van der Waals surface area (Å²) in [4.78, 5) is 13.6. The largest absolute Gasteiger partial charge is 0.342 e. The third kappa shape index (κ3) is 7.98. The maximum Gasteiger partial charge on any atom is 0.245 e. The van der Waals surface area contributed by atoms with Crippen LogP contribution in [0.4, 0.5) is 0 Å². The first-order valence-electron chi connectivity index (χ1n) is 16.5. The first-order chi connectivity index (χ1) is 18.5. The number of carbonyl (C=O) groups excluding carboxylic acids is 1. The normalized spacial score (nSPS) is 30.1. The predicted molar refractivity (Wildman–Crippen MR) is 163 cm³/mol. The van der Waals surface area contributed by atoms with Gasteiger partial charge in [0.1, 0.15) is 0 Å². The van der Waals surface area contributed by atoms with E-state index in [9.17, 15) is 4.79 Å². The van der Waals surface area contributed by atoms with Gasteiger partial charge in [-0.05, 0) is 136 Å². The molecular formula is C36H57NO. The zero-order valence-corrected chi connectivity index (χ0v) is 25.1. The first kappa shape index (κ1) is 29.4. The molecule has 1 aromatic rings. The molecule has 0 N–H and O–H groups in total. The summed E-state index contributed by atoms with van der Waals surface area (Å²) in [6.45, 7) is 9.20. The van der Waals surface area contributed by atoms with Gasteiger partial charge in [0.15, 0.2) is 0 Å². The quantitative estimate of drug-likeness (QED) is 0.210. The molecule has 0 aliphatic heterocycles. The molecule has 0 spiro atoms. The van der Waals surface area contributed by atoms with Crippen LogP contribution in [-0.4, -0.2) is 24.4 Å². The van der Waals surface area contributed by atoms with Gasteiger partial charge in [0.2, 0.25) is 5.91 Å². The predicted octanol–water partition coefficient (Wildman–Crippen LogP) is 9.96. The summed E-state index contributed by atoms with van der Waals surface area (Å²) in [5, 5.41) is 0. The van der Waals surface area contributed by atoms with Crippen LogP contribution in [0.5, 0.6) is 0 Å². The molecule has 1 aromatic carbocycles. The molecular weight excluding hydrogens is 462 g/mol. The first-order valence-corrected chi connectivity index (χ1v) is 16.5. The molecule has 2 nitrogen and oxygen atoms in total. The van der Waals surface area contributed by atoms with E-state index in [4.69, 9.17) is 0 Å². The number of amides is 1. The smallest absolute Gasteiger partial charge is 0.245 e. The highest BCUT2D eigenvalue weighted by atomic mass is 16.2. The Morgan fingerprint density at radius 1 is 0.842 bits per heavy atom. The van der Waals surface area contributed by atoms with E-state index in [1.807, 2.05) is 11.9 Å². The van der Waals surface area contributed by atoms with Gasteiger partial charge in [0.25, 0.3) is 0 Å². The van der Waals surface area contributed by atoms with E-state index >= 15 is 0 Å². The Morgan fingerprint density at radius 3 is 2.03 bits per heavy atom. The van der Waals surface area contributed by atoms with E-state index in [2.05, 4.69) is 38.6 Å². The van der Waals surface area contributed by atoms with E-state index in [0.29, 0.717) is 0 Å². The summed E-state index contributed by atoms with van der Waals surface area (Å²) in [6.07, 6.45) is 25.2. The minimum absolute atomic E-state index is 0.0561. The van der Waals surface area contributed by atoms with E-state index in [1.54, 1.807) is 16.7 Å². The van der Waals surface area contributed by atoms with Crippen LogP contribution in [0.2, 0.25) is 0 Å². The summed E-state index contributed by atoms with van der Waals surface area (Å²) >= 11 is 0. The van der Waals surface area contributed by atoms with Crippen LogP contribution in [0.25, 0.3) is 0 Å². The molecule has 4 rings (SSSR count). The lowest BCUT2D eigenvalue weighted by Gasteiger charge is -2.38. The van der Waals surface area contributed by atoms with Crippen LogP contribution in [0, 0.1) is 30.6 Å². The number of likely N-dealkylation sites (N-methyl/N-ethyl adjacent to an activating group) is 1. The molecule has 0 aromatic heterocycles. The molecule has 0 unspecified atom stereocenters. The SMILES string of the molecule is C=CC(=O)N(C)CCC1CCC(C2CCC(c3ccc(C4CCC(CCCCC)CC4)c(C)c3)CC2)CC1. The average molecular weight is 520 g/mol. The van der Waals surface area contributed by atoms with Crippen LogP contribution in [0.15, 0.2) is 30.9 Å². The van der Waals surface area contributed by atoms with E-state index in [1.165, 1.54) is 109 Å². The van der Waals surface area contributed by atoms with E-state index in [0.717, 1.165) is 48.5 Å². The maximum absolute atomic E-state index is 11.7. The second-order valence-corrected chi connectivity index (χ2v) is 13.5. The number of benzene rings is 1. The molecule has 38 heavy (non-hydrogen) atoms. The van der Waals surface area contributed by atoms with Crippen molar-refractivity contribution in [3.8, 4) is 0 Å². The molecule has 3 aliphatic rings. The molecule has 3 fully saturated rings. The zero-order valence-electron chi connectivity index (χ0n) is 25.1. The van der Waals surface area contributed by atoms with Crippen LogP contribution in [0.1, 0.15) is 145 Å². The van der Waals surface area contributed by atoms with Crippen LogP contribution < -0.4 is 0 Å². The van der Waals surface area contributed by atoms with Crippen LogP contribution in [-0.2, 0) is 4.79 Å². The molecule has 3 saturated carbocycles. The van der Waals surface area contributed by atoms with Gasteiger partial charge in [-0.25, -0.2) is 0 Å². The lowest BCUT2D eigenvalue weighted by Crippen LogP contribution is -2.29. The molecule has 0 bridgehead atoms. The third-order valence-electron chi connectivity index (χ3n) is 11.0. The van der Waals surface area contributed by atoms with Gasteiger partial charge in [0, 0.05) is 13.6 Å². The van der Waals surface area contributed by atoms with Crippen molar-refractivity contribution in [2.75, 3.05) is 13.6 Å². The summed E-state index contributed by atoms with van der Waals surface area (Å²) < 4.78 is 0. The number of hydrogen-bond acceptors (Lipinski definition) is 1. The van der Waals surface area contributed by atoms with Gasteiger partial charge in [-0.2, -0.15) is 0 Å². The van der Waals surface area contributed by atoms with Gasteiger partial charge < -0.3 is 4.90 Å². The van der Waals surface area contributed by atoms with Gasteiger partial charge >= 0.3 is 0 Å². The number of nitrogens with zero attached hydrogens (tertiary/aromatic N) is 1. The number of carbonyl (C=O) groups is 1. The van der Waals surface area contributed by atoms with Gasteiger partial charge in [0.05, 0.1) is 0 Å². The van der Waals surface area contributed by atoms with Crippen molar-refractivity contribution in [2.24, 2.45) is 23.7 Å². The van der Waals surface area contributed by atoms with E-state index < -0.39 is 0 Å². The molecule has 0 radical (unpaired) electrons. The van der Waals surface area contributed by atoms with Gasteiger partial charge in [-0.1, -0.05) is 70.2 Å². The lowest BCUT2D eigenvalue weighted by atomic mass is 9.68. The van der Waals surface area contributed by atoms with Crippen molar-refractivity contribution < 1.29 is 4.79 Å². The number of aryl methyl sites for hydroxylation is 1. The summed E-state index contributed by atoms with van der Waals surface area (Å²) in [5.41, 5.74) is 4.85. The second-order valence-electron chi connectivity index (χ2n) is 13.5. The van der Waals surface area contributed by atoms with Crippen LogP contribution in [0.3, 0.4) is 0 Å². The second kappa shape index (κ2) is 14.7.